The molecule has 0 aliphatic rings. The first kappa shape index (κ1) is 9.96. The maximum Gasteiger partial charge on any atom is 0.0120 e. The summed E-state index contributed by atoms with van der Waals surface area (Å²) in [6.45, 7) is 9.67. The van der Waals surface area contributed by atoms with Crippen LogP contribution in [0.2, 0.25) is 0 Å². The zero-order valence-corrected chi connectivity index (χ0v) is 8.15. The van der Waals surface area contributed by atoms with E-state index in [1.807, 2.05) is 12.2 Å². The van der Waals surface area contributed by atoms with Crippen molar-refractivity contribution in [2.75, 3.05) is 5.33 Å². The van der Waals surface area contributed by atoms with Crippen LogP contribution in [-0.4, -0.2) is 5.33 Å². The highest BCUT2D eigenvalue weighted by Crippen LogP contribution is 2.26. The largest absolute Gasteiger partial charge is 0.103 e. The first-order chi connectivity index (χ1) is 4.68. The summed E-state index contributed by atoms with van der Waals surface area (Å²) in [5, 5.41) is 0.983. The third kappa shape index (κ3) is 3.21. The van der Waals surface area contributed by atoms with Gasteiger partial charge in [0.05, 0.1) is 0 Å². The van der Waals surface area contributed by atoms with Crippen LogP contribution >= 0.6 is 15.9 Å². The Kier molecular flexibility index (Phi) is 4.71. The normalized spacial score (nSPS) is 15.8. The molecule has 1 heteroatoms. The molecule has 0 aromatic rings. The van der Waals surface area contributed by atoms with Crippen molar-refractivity contribution < 1.29 is 0 Å². The van der Waals surface area contributed by atoms with E-state index in [0.717, 1.165) is 18.2 Å². The van der Waals surface area contributed by atoms with Gasteiger partial charge in [-0.15, -0.1) is 13.2 Å². The van der Waals surface area contributed by atoms with Gasteiger partial charge >= 0.3 is 0 Å². The minimum atomic E-state index is 0.244. The van der Waals surface area contributed by atoms with E-state index in [0.29, 0.717) is 0 Å². The fraction of sp³-hybridized carbons (Fsp3) is 0.556. The highest BCUT2D eigenvalue weighted by atomic mass is 79.9. The summed E-state index contributed by atoms with van der Waals surface area (Å²) in [6.07, 6.45) is 6.15. The molecule has 0 heterocycles. The lowest BCUT2D eigenvalue weighted by Gasteiger charge is -2.21. The molecule has 10 heavy (non-hydrogen) atoms. The third-order valence-corrected chi connectivity index (χ3v) is 3.00. The Morgan fingerprint density at radius 2 is 2.10 bits per heavy atom. The lowest BCUT2D eigenvalue weighted by molar-refractivity contribution is 0.457. The molecule has 0 radical (unpaired) electrons. The van der Waals surface area contributed by atoms with Crippen LogP contribution in [0.5, 0.6) is 0 Å². The van der Waals surface area contributed by atoms with Gasteiger partial charge in [0, 0.05) is 5.33 Å². The number of halogens is 1. The van der Waals surface area contributed by atoms with E-state index < -0.39 is 0 Å². The van der Waals surface area contributed by atoms with Crippen molar-refractivity contribution in [2.45, 2.75) is 19.8 Å². The zero-order valence-electron chi connectivity index (χ0n) is 6.57. The van der Waals surface area contributed by atoms with Gasteiger partial charge in [0.1, 0.15) is 0 Å². The summed E-state index contributed by atoms with van der Waals surface area (Å²) in [5.41, 5.74) is 0.244. The summed E-state index contributed by atoms with van der Waals surface area (Å²) in [5.74, 6) is 0. The molecule has 0 saturated carbocycles. The molecule has 0 nitrogen and oxygen atoms in total. The second kappa shape index (κ2) is 4.73. The highest BCUT2D eigenvalue weighted by Gasteiger charge is 2.16. The number of hydrogen-bond acceptors (Lipinski definition) is 0. The molecular weight excluding hydrogens is 188 g/mol. The molecule has 0 fully saturated rings. The molecule has 0 saturated heterocycles. The molecule has 58 valence electrons. The van der Waals surface area contributed by atoms with Crippen molar-refractivity contribution in [1.29, 1.82) is 0 Å². The Bertz CT molecular complexity index is 118. The van der Waals surface area contributed by atoms with Crippen molar-refractivity contribution in [1.82, 2.24) is 0 Å². The maximum absolute atomic E-state index is 3.79. The van der Waals surface area contributed by atoms with Gasteiger partial charge < -0.3 is 0 Å². The van der Waals surface area contributed by atoms with E-state index in [1.54, 1.807) is 0 Å². The Hall–Kier alpha value is -0.0400. The minimum Gasteiger partial charge on any atom is -0.103 e. The van der Waals surface area contributed by atoms with Crippen molar-refractivity contribution in [2.24, 2.45) is 5.41 Å². The fourth-order valence-corrected chi connectivity index (χ4v) is 1.16. The topological polar surface area (TPSA) is 0 Å². The van der Waals surface area contributed by atoms with E-state index in [1.165, 1.54) is 0 Å². The average Bonchev–Trinajstić information content (AvgIpc) is 2.00. The lowest BCUT2D eigenvalue weighted by Crippen LogP contribution is -2.13. The van der Waals surface area contributed by atoms with Gasteiger partial charge in [-0.25, -0.2) is 0 Å². The summed E-state index contributed by atoms with van der Waals surface area (Å²) in [7, 11) is 0. The molecule has 0 aliphatic carbocycles. The number of hydrogen-bond donors (Lipinski definition) is 0. The second-order valence-electron chi connectivity index (χ2n) is 2.82. The molecule has 0 aromatic carbocycles. The standard InChI is InChI=1S/C9H15Br/c1-4-6-7-9(3,5-2)8-10/h4-5H,1-2,6-8H2,3H3. The van der Waals surface area contributed by atoms with Crippen LogP contribution in [0.25, 0.3) is 0 Å². The lowest BCUT2D eigenvalue weighted by atomic mass is 9.88. The van der Waals surface area contributed by atoms with Gasteiger partial charge in [-0.3, -0.25) is 0 Å². The first-order valence-corrected chi connectivity index (χ1v) is 4.61. The summed E-state index contributed by atoms with van der Waals surface area (Å²) in [4.78, 5) is 0. The van der Waals surface area contributed by atoms with Gasteiger partial charge in [-0.1, -0.05) is 35.0 Å². The van der Waals surface area contributed by atoms with Crippen LogP contribution in [0.1, 0.15) is 19.8 Å². The number of alkyl halides is 1. The van der Waals surface area contributed by atoms with E-state index in [-0.39, 0.29) is 5.41 Å². The van der Waals surface area contributed by atoms with E-state index in [2.05, 4.69) is 36.0 Å². The summed E-state index contributed by atoms with van der Waals surface area (Å²) in [6, 6.07) is 0. The van der Waals surface area contributed by atoms with Crippen LogP contribution in [0.4, 0.5) is 0 Å². The Morgan fingerprint density at radius 1 is 1.50 bits per heavy atom. The molecule has 1 atom stereocenters. The number of rotatable bonds is 5. The molecule has 0 rings (SSSR count). The Morgan fingerprint density at radius 3 is 2.40 bits per heavy atom. The average molecular weight is 203 g/mol. The van der Waals surface area contributed by atoms with Crippen molar-refractivity contribution in [3.63, 3.8) is 0 Å². The zero-order chi connectivity index (χ0) is 8.04. The van der Waals surface area contributed by atoms with E-state index in [4.69, 9.17) is 0 Å². The van der Waals surface area contributed by atoms with E-state index in [9.17, 15) is 0 Å². The molecule has 1 unspecified atom stereocenters. The first-order valence-electron chi connectivity index (χ1n) is 3.49. The van der Waals surface area contributed by atoms with Crippen LogP contribution in [0.3, 0.4) is 0 Å². The summed E-state index contributed by atoms with van der Waals surface area (Å²) < 4.78 is 0. The van der Waals surface area contributed by atoms with Crippen LogP contribution in [-0.2, 0) is 0 Å². The van der Waals surface area contributed by atoms with Crippen LogP contribution in [0.15, 0.2) is 25.3 Å². The summed E-state index contributed by atoms with van der Waals surface area (Å²) >= 11 is 3.46. The minimum absolute atomic E-state index is 0.244. The molecule has 0 spiro atoms. The van der Waals surface area contributed by atoms with E-state index >= 15 is 0 Å². The van der Waals surface area contributed by atoms with Crippen LogP contribution in [0, 0.1) is 5.41 Å². The maximum atomic E-state index is 3.79. The molecular formula is C9H15Br. The smallest absolute Gasteiger partial charge is 0.0120 e. The monoisotopic (exact) mass is 202 g/mol. The molecule has 0 aliphatic heterocycles. The van der Waals surface area contributed by atoms with Crippen molar-refractivity contribution >= 4 is 15.9 Å². The van der Waals surface area contributed by atoms with Gasteiger partial charge in [-0.05, 0) is 18.3 Å². The predicted octanol–water partition coefficient (Wildman–Crippen LogP) is 3.54. The molecule has 0 bridgehead atoms. The Labute approximate surface area is 72.1 Å². The van der Waals surface area contributed by atoms with Gasteiger partial charge in [0.25, 0.3) is 0 Å². The predicted molar refractivity (Wildman–Crippen MR) is 51.5 cm³/mol. The second-order valence-corrected chi connectivity index (χ2v) is 3.38. The van der Waals surface area contributed by atoms with Crippen molar-refractivity contribution in [3.8, 4) is 0 Å². The number of allylic oxidation sites excluding steroid dienone is 2. The third-order valence-electron chi connectivity index (χ3n) is 1.72. The van der Waals surface area contributed by atoms with Gasteiger partial charge in [0.2, 0.25) is 0 Å². The highest BCUT2D eigenvalue weighted by molar-refractivity contribution is 9.09. The van der Waals surface area contributed by atoms with Crippen LogP contribution < -0.4 is 0 Å². The molecule has 0 N–H and O–H groups in total. The molecule has 0 amide bonds. The Balaban J connectivity index is 3.79. The van der Waals surface area contributed by atoms with Crippen molar-refractivity contribution in [3.05, 3.63) is 25.3 Å². The van der Waals surface area contributed by atoms with Gasteiger partial charge in [0.15, 0.2) is 0 Å². The SMILES string of the molecule is C=CCCC(C)(C=C)CBr. The molecule has 0 aromatic heterocycles. The van der Waals surface area contributed by atoms with Gasteiger partial charge in [-0.2, -0.15) is 0 Å². The fourth-order valence-electron chi connectivity index (χ4n) is 0.655. The quantitative estimate of drug-likeness (QED) is 0.473.